The lowest BCUT2D eigenvalue weighted by Gasteiger charge is -2.11. The van der Waals surface area contributed by atoms with Crippen LogP contribution in [-0.4, -0.2) is 21.8 Å². The minimum absolute atomic E-state index is 0.0373. The van der Waals surface area contributed by atoms with Gasteiger partial charge in [-0.15, -0.1) is 12.3 Å². The molecule has 0 aliphatic carbocycles. The van der Waals surface area contributed by atoms with Gasteiger partial charge in [-0.25, -0.2) is 0 Å². The van der Waals surface area contributed by atoms with Crippen molar-refractivity contribution in [1.82, 2.24) is 4.98 Å². The Bertz CT molecular complexity index is 831. The first-order valence-corrected chi connectivity index (χ1v) is 7.29. The molecule has 0 aliphatic rings. The van der Waals surface area contributed by atoms with Gasteiger partial charge in [0.15, 0.2) is 5.78 Å². The van der Waals surface area contributed by atoms with E-state index in [4.69, 9.17) is 11.5 Å². The fourth-order valence-electron chi connectivity index (χ4n) is 2.40. The van der Waals surface area contributed by atoms with E-state index in [0.717, 1.165) is 6.07 Å². The predicted molar refractivity (Wildman–Crippen MR) is 84.8 cm³/mol. The molecule has 0 saturated heterocycles. The van der Waals surface area contributed by atoms with Crippen molar-refractivity contribution in [2.24, 2.45) is 5.92 Å². The molecule has 7 heteroatoms. The van der Waals surface area contributed by atoms with Crippen LogP contribution < -0.4 is 0 Å². The van der Waals surface area contributed by atoms with Crippen molar-refractivity contribution in [3.05, 3.63) is 47.7 Å². The quantitative estimate of drug-likeness (QED) is 0.612. The molecule has 2 N–H and O–H groups in total. The van der Waals surface area contributed by atoms with Crippen LogP contribution in [0.25, 0.3) is 11.3 Å². The maximum Gasteiger partial charge on any atom is 0.417 e. The summed E-state index contributed by atoms with van der Waals surface area (Å²) in [6.07, 6.45) is 0.107. The number of aliphatic carboxylic acids is 1. The van der Waals surface area contributed by atoms with Crippen LogP contribution in [0, 0.1) is 18.3 Å². The van der Waals surface area contributed by atoms with Crippen molar-refractivity contribution in [3.8, 4) is 23.6 Å². The monoisotopic (exact) mass is 349 g/mol. The summed E-state index contributed by atoms with van der Waals surface area (Å²) in [4.78, 5) is 25.9. The number of benzene rings is 1. The van der Waals surface area contributed by atoms with E-state index in [1.807, 2.05) is 0 Å². The van der Waals surface area contributed by atoms with Crippen molar-refractivity contribution in [2.45, 2.75) is 19.0 Å². The first kappa shape index (κ1) is 18.3. The number of carboxylic acids is 1. The average molecular weight is 349 g/mol. The maximum absolute atomic E-state index is 13.1. The molecule has 1 heterocycles. The van der Waals surface area contributed by atoms with E-state index in [0.29, 0.717) is 0 Å². The van der Waals surface area contributed by atoms with Gasteiger partial charge in [0.1, 0.15) is 0 Å². The number of aromatic nitrogens is 1. The minimum Gasteiger partial charge on any atom is -0.481 e. The summed E-state index contributed by atoms with van der Waals surface area (Å²) in [5.74, 6) is -0.566. The standard InChI is InChI=1S/C18H14F3NO3/c1-2-5-11(17(24)25)10-16(23)15-9-8-14(22-15)12-6-3-4-7-13(12)18(19,20)21/h1,3-4,6-9,11,22H,5,10H2,(H,24,25)/t11-/m1/s1. The van der Waals surface area contributed by atoms with Crippen LogP contribution in [0.2, 0.25) is 0 Å². The molecule has 130 valence electrons. The number of alkyl halides is 3. The zero-order chi connectivity index (χ0) is 18.6. The SMILES string of the molecule is C#CC[C@H](CC(=O)c1ccc(-c2ccccc2C(F)(F)F)[nH]1)C(=O)O. The number of carbonyl (C=O) groups excluding carboxylic acids is 1. The molecule has 0 unspecified atom stereocenters. The summed E-state index contributed by atoms with van der Waals surface area (Å²) in [5, 5.41) is 9.03. The number of carbonyl (C=O) groups is 2. The molecule has 2 aromatic rings. The van der Waals surface area contributed by atoms with E-state index >= 15 is 0 Å². The molecule has 0 amide bonds. The molecule has 1 aromatic carbocycles. The van der Waals surface area contributed by atoms with Gasteiger partial charge in [0, 0.05) is 24.1 Å². The zero-order valence-electron chi connectivity index (χ0n) is 12.9. The van der Waals surface area contributed by atoms with E-state index in [-0.39, 0.29) is 29.8 Å². The highest BCUT2D eigenvalue weighted by molar-refractivity contribution is 5.97. The van der Waals surface area contributed by atoms with Gasteiger partial charge in [0.05, 0.1) is 17.2 Å². The van der Waals surface area contributed by atoms with Crippen molar-refractivity contribution < 1.29 is 27.9 Å². The molecule has 0 aliphatic heterocycles. The summed E-state index contributed by atoms with van der Waals surface area (Å²) < 4.78 is 39.2. The maximum atomic E-state index is 13.1. The van der Waals surface area contributed by atoms with Gasteiger partial charge in [-0.05, 0) is 18.2 Å². The second kappa shape index (κ2) is 7.26. The molecule has 0 radical (unpaired) electrons. The Hall–Kier alpha value is -3.01. The molecule has 0 saturated carbocycles. The number of rotatable bonds is 6. The van der Waals surface area contributed by atoms with Crippen LogP contribution in [0.15, 0.2) is 36.4 Å². The normalized spacial score (nSPS) is 12.4. The van der Waals surface area contributed by atoms with Crippen molar-refractivity contribution in [2.75, 3.05) is 0 Å². The van der Waals surface area contributed by atoms with Crippen molar-refractivity contribution in [1.29, 1.82) is 0 Å². The summed E-state index contributed by atoms with van der Waals surface area (Å²) in [5.41, 5.74) is -0.755. The van der Waals surface area contributed by atoms with E-state index in [9.17, 15) is 22.8 Å². The number of terminal acetylenes is 1. The second-order valence-electron chi connectivity index (χ2n) is 5.40. The van der Waals surface area contributed by atoms with Crippen LogP contribution in [0.5, 0.6) is 0 Å². The molecule has 1 aromatic heterocycles. The van der Waals surface area contributed by atoms with Gasteiger partial charge < -0.3 is 10.1 Å². The van der Waals surface area contributed by atoms with E-state index in [1.165, 1.54) is 30.3 Å². The van der Waals surface area contributed by atoms with Crippen LogP contribution in [0.1, 0.15) is 28.9 Å². The Labute approximate surface area is 141 Å². The van der Waals surface area contributed by atoms with Gasteiger partial charge in [0.2, 0.25) is 0 Å². The number of Topliss-reactive ketones (excluding diaryl/α,β-unsaturated/α-hetero) is 1. The molecule has 0 spiro atoms. The summed E-state index contributed by atoms with van der Waals surface area (Å²) in [6.45, 7) is 0. The number of halogens is 3. The highest BCUT2D eigenvalue weighted by Gasteiger charge is 2.33. The smallest absolute Gasteiger partial charge is 0.417 e. The molecule has 0 bridgehead atoms. The van der Waals surface area contributed by atoms with E-state index in [1.54, 1.807) is 0 Å². The van der Waals surface area contributed by atoms with Crippen LogP contribution in [-0.2, 0) is 11.0 Å². The van der Waals surface area contributed by atoms with Gasteiger partial charge in [-0.1, -0.05) is 18.2 Å². The van der Waals surface area contributed by atoms with Gasteiger partial charge in [-0.3, -0.25) is 9.59 Å². The number of ketones is 1. The number of nitrogens with one attached hydrogen (secondary N) is 1. The molecular weight excluding hydrogens is 335 g/mol. The van der Waals surface area contributed by atoms with Crippen molar-refractivity contribution >= 4 is 11.8 Å². The number of H-pyrrole nitrogens is 1. The summed E-state index contributed by atoms with van der Waals surface area (Å²) in [7, 11) is 0. The first-order valence-electron chi connectivity index (χ1n) is 7.29. The third kappa shape index (κ3) is 4.29. The van der Waals surface area contributed by atoms with Gasteiger partial charge >= 0.3 is 12.1 Å². The minimum atomic E-state index is -4.53. The number of hydrogen-bond acceptors (Lipinski definition) is 2. The van der Waals surface area contributed by atoms with Crippen molar-refractivity contribution in [3.63, 3.8) is 0 Å². The Balaban J connectivity index is 2.28. The van der Waals surface area contributed by atoms with Crippen LogP contribution >= 0.6 is 0 Å². The lowest BCUT2D eigenvalue weighted by atomic mass is 9.98. The highest BCUT2D eigenvalue weighted by atomic mass is 19.4. The number of aromatic amines is 1. The van der Waals surface area contributed by atoms with Crippen LogP contribution in [0.4, 0.5) is 13.2 Å². The Kier molecular flexibility index (Phi) is 5.32. The summed E-state index contributed by atoms with van der Waals surface area (Å²) >= 11 is 0. The highest BCUT2D eigenvalue weighted by Crippen LogP contribution is 2.36. The topological polar surface area (TPSA) is 70.2 Å². The lowest BCUT2D eigenvalue weighted by Crippen LogP contribution is -2.17. The third-order valence-electron chi connectivity index (χ3n) is 3.65. The van der Waals surface area contributed by atoms with Gasteiger partial charge in [0.25, 0.3) is 0 Å². The molecule has 1 atom stereocenters. The third-order valence-corrected chi connectivity index (χ3v) is 3.65. The molecular formula is C18H14F3NO3. The summed E-state index contributed by atoms with van der Waals surface area (Å²) in [6, 6.07) is 7.67. The van der Waals surface area contributed by atoms with E-state index < -0.39 is 29.4 Å². The lowest BCUT2D eigenvalue weighted by molar-refractivity contribution is -0.141. The fraction of sp³-hybridized carbons (Fsp3) is 0.222. The largest absolute Gasteiger partial charge is 0.481 e. The Morgan fingerprint density at radius 1 is 1.20 bits per heavy atom. The Morgan fingerprint density at radius 2 is 1.88 bits per heavy atom. The molecule has 25 heavy (non-hydrogen) atoms. The molecule has 0 fully saturated rings. The number of hydrogen-bond donors (Lipinski definition) is 2. The molecule has 4 nitrogen and oxygen atoms in total. The molecule has 2 rings (SSSR count). The van der Waals surface area contributed by atoms with Crippen LogP contribution in [0.3, 0.4) is 0 Å². The van der Waals surface area contributed by atoms with E-state index in [2.05, 4.69) is 10.9 Å². The van der Waals surface area contributed by atoms with Gasteiger partial charge in [-0.2, -0.15) is 13.2 Å². The Morgan fingerprint density at radius 3 is 2.48 bits per heavy atom. The first-order chi connectivity index (χ1) is 11.7. The fourth-order valence-corrected chi connectivity index (χ4v) is 2.40. The zero-order valence-corrected chi connectivity index (χ0v) is 12.9. The number of carboxylic acid groups (broad SMARTS) is 1. The average Bonchev–Trinajstić information content (AvgIpc) is 3.03. The second-order valence-corrected chi connectivity index (χ2v) is 5.40. The predicted octanol–water partition coefficient (Wildman–Crippen LogP) is 4.00.